The zero-order valence-corrected chi connectivity index (χ0v) is 18.5. The molecule has 0 unspecified atom stereocenters. The fourth-order valence-corrected chi connectivity index (χ4v) is 4.82. The Labute approximate surface area is 186 Å². The van der Waals surface area contributed by atoms with Crippen molar-refractivity contribution in [3.63, 3.8) is 0 Å². The molecule has 2 aromatic carbocycles. The van der Waals surface area contributed by atoms with E-state index >= 15 is 0 Å². The molecule has 1 amide bonds. The maximum absolute atomic E-state index is 13.0. The minimum atomic E-state index is -0.0947. The molecule has 0 bridgehead atoms. The van der Waals surface area contributed by atoms with Crippen LogP contribution in [0.4, 0.5) is 5.69 Å². The molecule has 0 saturated carbocycles. The van der Waals surface area contributed by atoms with E-state index in [0.717, 1.165) is 46.4 Å². The number of carbonyl (C=O) groups is 1. The Morgan fingerprint density at radius 1 is 1.26 bits per heavy atom. The average Bonchev–Trinajstić information content (AvgIpc) is 3.39. The van der Waals surface area contributed by atoms with Gasteiger partial charge in [-0.2, -0.15) is 0 Å². The van der Waals surface area contributed by atoms with E-state index in [1.807, 2.05) is 48.0 Å². The van der Waals surface area contributed by atoms with Crippen LogP contribution in [0, 0.1) is 6.92 Å². The zero-order chi connectivity index (χ0) is 21.4. The van der Waals surface area contributed by atoms with Crippen LogP contribution in [0.3, 0.4) is 0 Å². The third-order valence-electron chi connectivity index (χ3n) is 5.68. The van der Waals surface area contributed by atoms with Gasteiger partial charge in [0, 0.05) is 29.7 Å². The number of hydrogen-bond donors (Lipinski definition) is 0. The van der Waals surface area contributed by atoms with Crippen LogP contribution < -0.4 is 14.4 Å². The molecule has 0 aliphatic carbocycles. The number of nitrogens with zero attached hydrogens (tertiary/aromatic N) is 3. The highest BCUT2D eigenvalue weighted by Gasteiger charge is 2.27. The second kappa shape index (κ2) is 8.32. The Kier molecular flexibility index (Phi) is 5.38. The minimum absolute atomic E-state index is 0.0947. The van der Waals surface area contributed by atoms with E-state index in [2.05, 4.69) is 28.6 Å². The molecule has 31 heavy (non-hydrogen) atoms. The number of rotatable bonds is 5. The van der Waals surface area contributed by atoms with E-state index in [0.29, 0.717) is 19.7 Å². The largest absolute Gasteiger partial charge is 0.486 e. The number of ether oxygens (including phenoxy) is 2. The van der Waals surface area contributed by atoms with Crippen LogP contribution in [0.2, 0.25) is 0 Å². The molecule has 0 saturated heterocycles. The smallest absolute Gasteiger partial charge is 0.241 e. The second-order valence-electron chi connectivity index (χ2n) is 8.08. The van der Waals surface area contributed by atoms with Gasteiger partial charge in [-0.15, -0.1) is 11.3 Å². The van der Waals surface area contributed by atoms with Gasteiger partial charge in [0.2, 0.25) is 5.91 Å². The van der Waals surface area contributed by atoms with Gasteiger partial charge in [0.25, 0.3) is 0 Å². The molecule has 3 aromatic rings. The fourth-order valence-electron chi connectivity index (χ4n) is 4.20. The standard InChI is InChI=1S/C24H25N3O3S/c1-16-25-20(15-31-16)17-7-8-21-18(11-17)9-10-27(21)24(28)13-26(2)12-19-14-29-22-5-3-4-6-23(22)30-19/h3-8,11,15,19H,9-10,12-14H2,1-2H3/t19-/m1/s1. The molecule has 5 rings (SSSR count). The topological polar surface area (TPSA) is 54.9 Å². The van der Waals surface area contributed by atoms with Gasteiger partial charge in [-0.05, 0) is 50.2 Å². The van der Waals surface area contributed by atoms with Crippen molar-refractivity contribution < 1.29 is 14.3 Å². The number of benzene rings is 2. The number of thiazole rings is 1. The van der Waals surface area contributed by atoms with Gasteiger partial charge in [0.05, 0.1) is 17.2 Å². The van der Waals surface area contributed by atoms with Crippen molar-refractivity contribution >= 4 is 22.9 Å². The van der Waals surface area contributed by atoms with E-state index in [1.54, 1.807) is 11.3 Å². The number of amides is 1. The molecule has 0 radical (unpaired) electrons. The third-order valence-corrected chi connectivity index (χ3v) is 6.45. The summed E-state index contributed by atoms with van der Waals surface area (Å²) in [6.45, 7) is 4.19. The number of anilines is 1. The van der Waals surface area contributed by atoms with Gasteiger partial charge in [-0.25, -0.2) is 4.98 Å². The highest BCUT2D eigenvalue weighted by molar-refractivity contribution is 7.09. The molecule has 0 spiro atoms. The van der Waals surface area contributed by atoms with Crippen molar-refractivity contribution in [3.05, 3.63) is 58.4 Å². The lowest BCUT2D eigenvalue weighted by atomic mass is 10.1. The predicted octanol–water partition coefficient (Wildman–Crippen LogP) is 3.78. The monoisotopic (exact) mass is 435 g/mol. The van der Waals surface area contributed by atoms with E-state index in [9.17, 15) is 4.79 Å². The summed E-state index contributed by atoms with van der Waals surface area (Å²) in [7, 11) is 1.95. The van der Waals surface area contributed by atoms with Gasteiger partial charge in [0.15, 0.2) is 11.5 Å². The predicted molar refractivity (Wildman–Crippen MR) is 122 cm³/mol. The van der Waals surface area contributed by atoms with Crippen molar-refractivity contribution in [2.75, 3.05) is 38.2 Å². The van der Waals surface area contributed by atoms with Crippen LogP contribution in [0.25, 0.3) is 11.3 Å². The highest BCUT2D eigenvalue weighted by Crippen LogP contribution is 2.33. The molecule has 2 aliphatic rings. The van der Waals surface area contributed by atoms with Crippen LogP contribution >= 0.6 is 11.3 Å². The van der Waals surface area contributed by atoms with Crippen LogP contribution in [0.1, 0.15) is 10.6 Å². The zero-order valence-electron chi connectivity index (χ0n) is 17.7. The van der Waals surface area contributed by atoms with Gasteiger partial charge >= 0.3 is 0 Å². The first kappa shape index (κ1) is 20.0. The van der Waals surface area contributed by atoms with Crippen molar-refractivity contribution in [3.8, 4) is 22.8 Å². The van der Waals surface area contributed by atoms with Gasteiger partial charge in [0.1, 0.15) is 12.7 Å². The Bertz CT molecular complexity index is 1110. The lowest BCUT2D eigenvalue weighted by Gasteiger charge is -2.30. The molecule has 2 aliphatic heterocycles. The fraction of sp³-hybridized carbons (Fsp3) is 0.333. The van der Waals surface area contributed by atoms with Crippen LogP contribution in [0.5, 0.6) is 11.5 Å². The van der Waals surface area contributed by atoms with Crippen molar-refractivity contribution in [2.24, 2.45) is 0 Å². The quantitative estimate of drug-likeness (QED) is 0.611. The number of likely N-dealkylation sites (N-methyl/N-ethyl adjacent to an activating group) is 1. The van der Waals surface area contributed by atoms with Crippen LogP contribution in [-0.4, -0.2) is 55.2 Å². The van der Waals surface area contributed by atoms with Crippen LogP contribution in [-0.2, 0) is 11.2 Å². The molecule has 6 nitrogen and oxygen atoms in total. The molecule has 0 fully saturated rings. The van der Waals surface area contributed by atoms with E-state index in [4.69, 9.17) is 9.47 Å². The van der Waals surface area contributed by atoms with Crippen molar-refractivity contribution in [1.29, 1.82) is 0 Å². The summed E-state index contributed by atoms with van der Waals surface area (Å²) in [5.41, 5.74) is 4.34. The molecule has 1 aromatic heterocycles. The number of hydrogen-bond acceptors (Lipinski definition) is 6. The van der Waals surface area contributed by atoms with E-state index in [-0.39, 0.29) is 12.0 Å². The molecular weight excluding hydrogens is 410 g/mol. The number of fused-ring (bicyclic) bond motifs is 2. The number of carbonyl (C=O) groups excluding carboxylic acids is 1. The Morgan fingerprint density at radius 2 is 2.10 bits per heavy atom. The number of aryl methyl sites for hydroxylation is 1. The first-order valence-electron chi connectivity index (χ1n) is 10.5. The van der Waals surface area contributed by atoms with Crippen LogP contribution in [0.15, 0.2) is 47.8 Å². The lowest BCUT2D eigenvalue weighted by Crippen LogP contribution is -2.44. The Balaban J connectivity index is 1.21. The lowest BCUT2D eigenvalue weighted by molar-refractivity contribution is -0.119. The molecule has 3 heterocycles. The molecule has 7 heteroatoms. The molecule has 0 N–H and O–H groups in total. The first-order chi connectivity index (χ1) is 15.1. The van der Waals surface area contributed by atoms with Gasteiger partial charge in [-0.1, -0.05) is 18.2 Å². The van der Waals surface area contributed by atoms with Crippen molar-refractivity contribution in [1.82, 2.24) is 9.88 Å². The molecule has 160 valence electrons. The molecule has 1 atom stereocenters. The van der Waals surface area contributed by atoms with Gasteiger partial charge < -0.3 is 14.4 Å². The van der Waals surface area contributed by atoms with Crippen molar-refractivity contribution in [2.45, 2.75) is 19.4 Å². The number of aromatic nitrogens is 1. The summed E-state index contributed by atoms with van der Waals surface area (Å²) >= 11 is 1.65. The second-order valence-corrected chi connectivity index (χ2v) is 9.15. The Morgan fingerprint density at radius 3 is 2.90 bits per heavy atom. The molecular formula is C24H25N3O3S. The van der Waals surface area contributed by atoms with Gasteiger partial charge in [-0.3, -0.25) is 9.69 Å². The first-order valence-corrected chi connectivity index (χ1v) is 11.4. The SMILES string of the molecule is Cc1nc(-c2ccc3c(c2)CCN3C(=O)CN(C)C[C@@H]2COc3ccccc3O2)cs1. The maximum atomic E-state index is 13.0. The summed E-state index contributed by atoms with van der Waals surface area (Å²) in [5.74, 6) is 1.65. The highest BCUT2D eigenvalue weighted by atomic mass is 32.1. The third kappa shape index (κ3) is 4.16. The number of para-hydroxylation sites is 2. The summed E-state index contributed by atoms with van der Waals surface area (Å²) in [4.78, 5) is 21.5. The van der Waals surface area contributed by atoms with E-state index in [1.165, 1.54) is 5.56 Å². The summed E-state index contributed by atoms with van der Waals surface area (Å²) in [6, 6.07) is 14.0. The summed E-state index contributed by atoms with van der Waals surface area (Å²) in [6.07, 6.45) is 0.778. The average molecular weight is 436 g/mol. The maximum Gasteiger partial charge on any atom is 0.241 e. The van der Waals surface area contributed by atoms with E-state index < -0.39 is 0 Å². The minimum Gasteiger partial charge on any atom is -0.486 e. The normalized spacial score (nSPS) is 17.1. The summed E-state index contributed by atoms with van der Waals surface area (Å²) < 4.78 is 11.8. The Hall–Kier alpha value is -2.90. The summed E-state index contributed by atoms with van der Waals surface area (Å²) in [5, 5.41) is 3.14.